The zero-order valence-corrected chi connectivity index (χ0v) is 10.3. The van der Waals surface area contributed by atoms with Gasteiger partial charge in [0.25, 0.3) is 6.01 Å². The molecule has 4 heteroatoms. The lowest BCUT2D eigenvalue weighted by molar-refractivity contribution is 0.274. The maximum absolute atomic E-state index is 9.48. The average molecular weight is 254 g/mol. The van der Waals surface area contributed by atoms with E-state index in [0.717, 1.165) is 16.7 Å². The van der Waals surface area contributed by atoms with Crippen molar-refractivity contribution in [3.8, 4) is 0 Å². The van der Waals surface area contributed by atoms with Gasteiger partial charge in [0.15, 0.2) is 5.58 Å². The third kappa shape index (κ3) is 2.44. The first-order valence-corrected chi connectivity index (χ1v) is 6.15. The molecule has 3 aromatic rings. The standard InChI is InChI=1S/C15H14N2O2/c18-10-13(11-6-2-1-3-7-11)17-15-16-12-8-4-5-9-14(12)19-15/h1-9,13,18H,10H2,(H,16,17). The van der Waals surface area contributed by atoms with Crippen LogP contribution < -0.4 is 5.32 Å². The van der Waals surface area contributed by atoms with E-state index in [4.69, 9.17) is 4.42 Å². The molecule has 0 fully saturated rings. The van der Waals surface area contributed by atoms with Gasteiger partial charge in [-0.1, -0.05) is 42.5 Å². The maximum atomic E-state index is 9.48. The summed E-state index contributed by atoms with van der Waals surface area (Å²) in [5, 5.41) is 12.6. The summed E-state index contributed by atoms with van der Waals surface area (Å²) in [6.45, 7) is -0.0251. The predicted molar refractivity (Wildman–Crippen MR) is 73.9 cm³/mol. The van der Waals surface area contributed by atoms with Gasteiger partial charge in [-0.2, -0.15) is 4.98 Å². The Morgan fingerprint density at radius 3 is 2.53 bits per heavy atom. The summed E-state index contributed by atoms with van der Waals surface area (Å²) in [6, 6.07) is 17.5. The van der Waals surface area contributed by atoms with Crippen molar-refractivity contribution in [1.29, 1.82) is 0 Å². The van der Waals surface area contributed by atoms with Crippen LogP contribution in [0.1, 0.15) is 11.6 Å². The molecule has 0 amide bonds. The topological polar surface area (TPSA) is 58.3 Å². The molecule has 0 saturated carbocycles. The summed E-state index contributed by atoms with van der Waals surface area (Å²) in [6.07, 6.45) is 0. The highest BCUT2D eigenvalue weighted by Crippen LogP contribution is 2.22. The van der Waals surface area contributed by atoms with E-state index < -0.39 is 0 Å². The highest BCUT2D eigenvalue weighted by Gasteiger charge is 2.13. The van der Waals surface area contributed by atoms with Crippen molar-refractivity contribution < 1.29 is 9.52 Å². The van der Waals surface area contributed by atoms with Crippen molar-refractivity contribution in [3.63, 3.8) is 0 Å². The number of fused-ring (bicyclic) bond motifs is 1. The molecule has 0 aliphatic carbocycles. The van der Waals surface area contributed by atoms with Crippen LogP contribution in [0.5, 0.6) is 0 Å². The fraction of sp³-hybridized carbons (Fsp3) is 0.133. The Hall–Kier alpha value is -2.33. The number of aliphatic hydroxyl groups excluding tert-OH is 1. The molecule has 2 N–H and O–H groups in total. The molecule has 19 heavy (non-hydrogen) atoms. The monoisotopic (exact) mass is 254 g/mol. The van der Waals surface area contributed by atoms with Crippen molar-refractivity contribution in [2.45, 2.75) is 6.04 Å². The second-order valence-electron chi connectivity index (χ2n) is 4.28. The minimum absolute atomic E-state index is 0.0251. The fourth-order valence-corrected chi connectivity index (χ4v) is 2.00. The number of anilines is 1. The van der Waals surface area contributed by atoms with Gasteiger partial charge in [-0.15, -0.1) is 0 Å². The zero-order valence-electron chi connectivity index (χ0n) is 10.3. The van der Waals surface area contributed by atoms with E-state index in [1.807, 2.05) is 54.6 Å². The molecule has 0 spiro atoms. The second-order valence-corrected chi connectivity index (χ2v) is 4.28. The molecule has 0 aliphatic rings. The molecule has 1 atom stereocenters. The van der Waals surface area contributed by atoms with Crippen LogP contribution >= 0.6 is 0 Å². The van der Waals surface area contributed by atoms with Gasteiger partial charge in [0, 0.05) is 0 Å². The fourth-order valence-electron chi connectivity index (χ4n) is 2.00. The number of nitrogens with zero attached hydrogens (tertiary/aromatic N) is 1. The van der Waals surface area contributed by atoms with Crippen molar-refractivity contribution in [1.82, 2.24) is 4.98 Å². The van der Waals surface area contributed by atoms with Crippen molar-refractivity contribution >= 4 is 17.1 Å². The van der Waals surface area contributed by atoms with Crippen LogP contribution in [0.3, 0.4) is 0 Å². The highest BCUT2D eigenvalue weighted by molar-refractivity contribution is 5.74. The lowest BCUT2D eigenvalue weighted by atomic mass is 10.1. The number of benzene rings is 2. The number of para-hydroxylation sites is 2. The van der Waals surface area contributed by atoms with E-state index in [-0.39, 0.29) is 12.6 Å². The first kappa shape index (κ1) is 11.7. The van der Waals surface area contributed by atoms with E-state index in [1.54, 1.807) is 0 Å². The predicted octanol–water partition coefficient (Wildman–Crippen LogP) is 2.97. The van der Waals surface area contributed by atoms with E-state index >= 15 is 0 Å². The van der Waals surface area contributed by atoms with Crippen molar-refractivity contribution in [2.75, 3.05) is 11.9 Å². The van der Waals surface area contributed by atoms with Gasteiger partial charge in [0.05, 0.1) is 12.6 Å². The Morgan fingerprint density at radius 1 is 1.05 bits per heavy atom. The summed E-state index contributed by atoms with van der Waals surface area (Å²) >= 11 is 0. The third-order valence-corrected chi connectivity index (χ3v) is 2.98. The van der Waals surface area contributed by atoms with Crippen LogP contribution in [-0.4, -0.2) is 16.7 Å². The third-order valence-electron chi connectivity index (χ3n) is 2.98. The van der Waals surface area contributed by atoms with Crippen molar-refractivity contribution in [2.24, 2.45) is 0 Å². The van der Waals surface area contributed by atoms with Crippen LogP contribution in [0.15, 0.2) is 59.0 Å². The molecular formula is C15H14N2O2. The molecule has 1 unspecified atom stereocenters. The van der Waals surface area contributed by atoms with Gasteiger partial charge in [-0.05, 0) is 17.7 Å². The molecule has 3 rings (SSSR count). The SMILES string of the molecule is OCC(Nc1nc2ccccc2o1)c1ccccc1. The van der Waals surface area contributed by atoms with Crippen LogP contribution in [0.2, 0.25) is 0 Å². The first-order valence-electron chi connectivity index (χ1n) is 6.15. The highest BCUT2D eigenvalue weighted by atomic mass is 16.4. The Labute approximate surface area is 110 Å². The average Bonchev–Trinajstić information content (AvgIpc) is 2.88. The Morgan fingerprint density at radius 2 is 1.79 bits per heavy atom. The number of nitrogens with one attached hydrogen (secondary N) is 1. The van der Waals surface area contributed by atoms with Gasteiger partial charge in [-0.3, -0.25) is 0 Å². The molecule has 0 aliphatic heterocycles. The van der Waals surface area contributed by atoms with Crippen molar-refractivity contribution in [3.05, 3.63) is 60.2 Å². The molecule has 2 aromatic carbocycles. The van der Waals surface area contributed by atoms with E-state index in [2.05, 4.69) is 10.3 Å². The molecule has 0 bridgehead atoms. The summed E-state index contributed by atoms with van der Waals surface area (Å²) in [5.74, 6) is 0. The molecule has 1 aromatic heterocycles. The minimum Gasteiger partial charge on any atom is -0.424 e. The molecule has 96 valence electrons. The molecular weight excluding hydrogens is 240 g/mol. The Balaban J connectivity index is 1.86. The van der Waals surface area contributed by atoms with Crippen LogP contribution in [0, 0.1) is 0 Å². The molecule has 0 saturated heterocycles. The maximum Gasteiger partial charge on any atom is 0.296 e. The summed E-state index contributed by atoms with van der Waals surface area (Å²) in [7, 11) is 0. The quantitative estimate of drug-likeness (QED) is 0.751. The smallest absolute Gasteiger partial charge is 0.296 e. The molecule has 0 radical (unpaired) electrons. The number of aliphatic hydroxyl groups is 1. The zero-order chi connectivity index (χ0) is 13.1. The lowest BCUT2D eigenvalue weighted by Gasteiger charge is -2.14. The van der Waals surface area contributed by atoms with E-state index in [1.165, 1.54) is 0 Å². The number of oxazole rings is 1. The number of hydrogen-bond acceptors (Lipinski definition) is 4. The van der Waals surface area contributed by atoms with Gasteiger partial charge >= 0.3 is 0 Å². The normalized spacial score (nSPS) is 12.5. The van der Waals surface area contributed by atoms with Gasteiger partial charge in [-0.25, -0.2) is 0 Å². The number of hydrogen-bond donors (Lipinski definition) is 2. The van der Waals surface area contributed by atoms with Gasteiger partial charge < -0.3 is 14.8 Å². The lowest BCUT2D eigenvalue weighted by Crippen LogP contribution is -2.14. The Kier molecular flexibility index (Phi) is 3.16. The Bertz CT molecular complexity index is 631. The minimum atomic E-state index is -0.228. The van der Waals surface area contributed by atoms with Crippen LogP contribution in [-0.2, 0) is 0 Å². The van der Waals surface area contributed by atoms with Crippen LogP contribution in [0.25, 0.3) is 11.1 Å². The van der Waals surface area contributed by atoms with E-state index in [0.29, 0.717) is 6.01 Å². The summed E-state index contributed by atoms with van der Waals surface area (Å²) in [4.78, 5) is 4.34. The van der Waals surface area contributed by atoms with E-state index in [9.17, 15) is 5.11 Å². The largest absolute Gasteiger partial charge is 0.424 e. The summed E-state index contributed by atoms with van der Waals surface area (Å²) < 4.78 is 5.59. The molecule has 1 heterocycles. The summed E-state index contributed by atoms with van der Waals surface area (Å²) in [5.41, 5.74) is 2.52. The van der Waals surface area contributed by atoms with Gasteiger partial charge in [0.1, 0.15) is 5.52 Å². The number of aromatic nitrogens is 1. The van der Waals surface area contributed by atoms with Gasteiger partial charge in [0.2, 0.25) is 0 Å². The van der Waals surface area contributed by atoms with Crippen LogP contribution in [0.4, 0.5) is 6.01 Å². The molecule has 4 nitrogen and oxygen atoms in total. The second kappa shape index (κ2) is 5.12. The first-order chi connectivity index (χ1) is 9.36. The number of rotatable bonds is 4.